The number of benzene rings is 5. The maximum atomic E-state index is 6.64. The van der Waals surface area contributed by atoms with E-state index in [0.29, 0.717) is 18.6 Å². The first-order valence-corrected chi connectivity index (χ1v) is 12.9. The average Bonchev–Trinajstić information content (AvgIpc) is 2.90. The summed E-state index contributed by atoms with van der Waals surface area (Å²) in [6.07, 6.45) is 2.28. The molecule has 0 fully saturated rings. The Balaban J connectivity index is 1.59. The van der Waals surface area contributed by atoms with Crippen LogP contribution in [0.5, 0.6) is 5.75 Å². The van der Waals surface area contributed by atoms with Crippen LogP contribution in [0.1, 0.15) is 56.2 Å². The topological polar surface area (TPSA) is 12.2 Å². The van der Waals surface area contributed by atoms with Crippen molar-refractivity contribution in [2.75, 3.05) is 6.73 Å². The van der Waals surface area contributed by atoms with E-state index in [2.05, 4.69) is 129 Å². The molecule has 0 unspecified atom stereocenters. The SMILES string of the molecule is CC(C)c1cccc(C(C)C)c1[N+]1=Cc2cccc(-c3c4ccccc4cc4ccccc34)c2OC1. The number of para-hydroxylation sites is 2. The second kappa shape index (κ2) is 8.95. The van der Waals surface area contributed by atoms with Gasteiger partial charge in [0, 0.05) is 22.3 Å². The molecule has 36 heavy (non-hydrogen) atoms. The van der Waals surface area contributed by atoms with Gasteiger partial charge in [-0.15, -0.1) is 0 Å². The maximum Gasteiger partial charge on any atom is 0.292 e. The number of rotatable bonds is 4. The Hall–Kier alpha value is -3.91. The average molecular weight is 471 g/mol. The first-order chi connectivity index (χ1) is 17.5. The number of hydrogen-bond acceptors (Lipinski definition) is 1. The molecule has 5 aromatic carbocycles. The van der Waals surface area contributed by atoms with Crippen molar-refractivity contribution < 1.29 is 9.31 Å². The summed E-state index contributed by atoms with van der Waals surface area (Å²) < 4.78 is 8.94. The van der Waals surface area contributed by atoms with Gasteiger partial charge in [-0.3, -0.25) is 0 Å². The second-order valence-corrected chi connectivity index (χ2v) is 10.4. The molecule has 1 heterocycles. The molecule has 0 bridgehead atoms. The molecule has 2 nitrogen and oxygen atoms in total. The Labute approximate surface area is 213 Å². The van der Waals surface area contributed by atoms with E-state index in [1.54, 1.807) is 0 Å². The van der Waals surface area contributed by atoms with E-state index in [1.165, 1.54) is 43.9 Å². The number of fused-ring (bicyclic) bond motifs is 3. The van der Waals surface area contributed by atoms with Crippen LogP contribution in [0, 0.1) is 0 Å². The predicted octanol–water partition coefficient (Wildman–Crippen LogP) is 9.02. The van der Waals surface area contributed by atoms with E-state index in [1.807, 2.05) is 0 Å². The number of hydrogen-bond donors (Lipinski definition) is 0. The van der Waals surface area contributed by atoms with Gasteiger partial charge in [-0.05, 0) is 45.5 Å². The lowest BCUT2D eigenvalue weighted by Crippen LogP contribution is -2.23. The lowest BCUT2D eigenvalue weighted by Gasteiger charge is -2.22. The Kier molecular flexibility index (Phi) is 5.60. The summed E-state index contributed by atoms with van der Waals surface area (Å²) in [5.41, 5.74) is 7.52. The third-order valence-electron chi connectivity index (χ3n) is 7.36. The van der Waals surface area contributed by atoms with Crippen molar-refractivity contribution in [2.24, 2.45) is 0 Å². The summed E-state index contributed by atoms with van der Waals surface area (Å²) in [5.74, 6) is 1.83. The summed E-state index contributed by atoms with van der Waals surface area (Å²) in [6, 6.07) is 32.9. The van der Waals surface area contributed by atoms with E-state index >= 15 is 0 Å². The van der Waals surface area contributed by atoms with Crippen LogP contribution in [0.15, 0.2) is 91.0 Å². The highest BCUT2D eigenvalue weighted by Gasteiger charge is 2.28. The van der Waals surface area contributed by atoms with Crippen molar-refractivity contribution in [3.05, 3.63) is 108 Å². The molecule has 0 saturated carbocycles. The van der Waals surface area contributed by atoms with Gasteiger partial charge >= 0.3 is 0 Å². The zero-order valence-electron chi connectivity index (χ0n) is 21.5. The minimum atomic E-state index is 0.432. The Morgan fingerprint density at radius 1 is 0.667 bits per heavy atom. The minimum Gasteiger partial charge on any atom is -0.434 e. The van der Waals surface area contributed by atoms with Crippen LogP contribution < -0.4 is 4.74 Å². The summed E-state index contributed by atoms with van der Waals surface area (Å²) in [7, 11) is 0. The molecule has 1 aliphatic heterocycles. The Morgan fingerprint density at radius 2 is 1.25 bits per heavy atom. The molecule has 0 aromatic heterocycles. The molecule has 0 atom stereocenters. The van der Waals surface area contributed by atoms with Gasteiger partial charge in [0.25, 0.3) is 6.73 Å². The smallest absolute Gasteiger partial charge is 0.292 e. The third kappa shape index (κ3) is 3.69. The van der Waals surface area contributed by atoms with Crippen molar-refractivity contribution in [3.63, 3.8) is 0 Å². The molecule has 0 saturated heterocycles. The van der Waals surface area contributed by atoms with Gasteiger partial charge in [-0.1, -0.05) is 107 Å². The normalized spacial score (nSPS) is 13.2. The molecule has 1 aliphatic rings. The Morgan fingerprint density at radius 3 is 1.86 bits per heavy atom. The molecular weight excluding hydrogens is 438 g/mol. The van der Waals surface area contributed by atoms with Crippen LogP contribution in [0.4, 0.5) is 5.69 Å². The van der Waals surface area contributed by atoms with Crippen molar-refractivity contribution in [1.82, 2.24) is 0 Å². The van der Waals surface area contributed by atoms with Crippen LogP contribution >= 0.6 is 0 Å². The number of ether oxygens (including phenoxy) is 1. The minimum absolute atomic E-state index is 0.432. The van der Waals surface area contributed by atoms with E-state index < -0.39 is 0 Å². The highest BCUT2D eigenvalue weighted by molar-refractivity contribution is 6.14. The number of nitrogens with zero attached hydrogens (tertiary/aromatic N) is 1. The monoisotopic (exact) mass is 470 g/mol. The van der Waals surface area contributed by atoms with E-state index in [4.69, 9.17) is 4.74 Å². The third-order valence-corrected chi connectivity index (χ3v) is 7.36. The van der Waals surface area contributed by atoms with Gasteiger partial charge in [-0.2, -0.15) is 4.58 Å². The van der Waals surface area contributed by atoms with Crippen molar-refractivity contribution in [3.8, 4) is 16.9 Å². The highest BCUT2D eigenvalue weighted by atomic mass is 16.5. The van der Waals surface area contributed by atoms with Gasteiger partial charge in [0.05, 0.1) is 5.56 Å². The molecule has 0 spiro atoms. The summed E-state index contributed by atoms with van der Waals surface area (Å²) in [6.45, 7) is 9.57. The van der Waals surface area contributed by atoms with E-state index in [0.717, 1.165) is 16.9 Å². The van der Waals surface area contributed by atoms with E-state index in [9.17, 15) is 0 Å². The highest BCUT2D eigenvalue weighted by Crippen LogP contribution is 2.43. The predicted molar refractivity (Wildman–Crippen MR) is 152 cm³/mol. The zero-order chi connectivity index (χ0) is 24.8. The molecule has 178 valence electrons. The fourth-order valence-electron chi connectivity index (χ4n) is 5.63. The fraction of sp³-hybridized carbons (Fsp3) is 0.206. The van der Waals surface area contributed by atoms with Gasteiger partial charge in [0.2, 0.25) is 5.69 Å². The van der Waals surface area contributed by atoms with Gasteiger partial charge in [0.1, 0.15) is 5.75 Å². The standard InChI is InChI=1S/C34H32NO/c1-22(2)27-16-10-17-28(23(3)4)33(27)35-20-26-13-9-18-31(34(26)36-21-35)32-29-14-7-5-11-24(29)19-25-12-6-8-15-30(25)32/h5-20,22-23H,21H2,1-4H3/q+1. The molecule has 6 rings (SSSR count). The molecule has 2 heteroatoms. The molecule has 0 radical (unpaired) electrons. The first-order valence-electron chi connectivity index (χ1n) is 12.9. The van der Waals surface area contributed by atoms with Crippen LogP contribution in [0.25, 0.3) is 32.7 Å². The molecular formula is C34H32NO+. The van der Waals surface area contributed by atoms with Crippen molar-refractivity contribution >= 4 is 33.4 Å². The van der Waals surface area contributed by atoms with Crippen LogP contribution in [0.3, 0.4) is 0 Å². The van der Waals surface area contributed by atoms with Gasteiger partial charge in [0.15, 0.2) is 6.21 Å². The quantitative estimate of drug-likeness (QED) is 0.188. The zero-order valence-corrected chi connectivity index (χ0v) is 21.5. The molecule has 0 amide bonds. The van der Waals surface area contributed by atoms with Gasteiger partial charge in [-0.25, -0.2) is 0 Å². The first kappa shape index (κ1) is 22.5. The fourth-order valence-corrected chi connectivity index (χ4v) is 5.63. The maximum absolute atomic E-state index is 6.64. The van der Waals surface area contributed by atoms with Gasteiger partial charge < -0.3 is 4.74 Å². The molecule has 5 aromatic rings. The van der Waals surface area contributed by atoms with Crippen LogP contribution in [-0.2, 0) is 0 Å². The largest absolute Gasteiger partial charge is 0.434 e. The summed E-state index contributed by atoms with van der Waals surface area (Å²) in [4.78, 5) is 0. The lowest BCUT2D eigenvalue weighted by molar-refractivity contribution is -0.477. The van der Waals surface area contributed by atoms with Crippen LogP contribution in [-0.4, -0.2) is 17.5 Å². The van der Waals surface area contributed by atoms with Crippen LogP contribution in [0.2, 0.25) is 0 Å². The second-order valence-electron chi connectivity index (χ2n) is 10.4. The van der Waals surface area contributed by atoms with Crippen molar-refractivity contribution in [2.45, 2.75) is 39.5 Å². The van der Waals surface area contributed by atoms with E-state index in [-0.39, 0.29) is 0 Å². The van der Waals surface area contributed by atoms with Crippen molar-refractivity contribution in [1.29, 1.82) is 0 Å². The lowest BCUT2D eigenvalue weighted by atomic mass is 9.90. The molecule has 0 N–H and O–H groups in total. The summed E-state index contributed by atoms with van der Waals surface area (Å²) >= 11 is 0. The summed E-state index contributed by atoms with van der Waals surface area (Å²) in [5, 5.41) is 5.00. The Bertz CT molecular complexity index is 1560. The molecule has 0 aliphatic carbocycles.